The second-order valence-electron chi connectivity index (χ2n) is 4.96. The van der Waals surface area contributed by atoms with E-state index in [9.17, 15) is 23.1 Å². The molecule has 0 aromatic heterocycles. The fraction of sp³-hybridized carbons (Fsp3) is 0.188. The topological polar surface area (TPSA) is 63.3 Å². The molecule has 6 heteroatoms. The molecule has 116 valence electrons. The number of alkyl halides is 3. The zero-order valence-corrected chi connectivity index (χ0v) is 11.5. The lowest BCUT2D eigenvalue weighted by Crippen LogP contribution is -2.14. The first-order valence-electron chi connectivity index (χ1n) is 6.52. The average molecular weight is 309 g/mol. The number of carboxylic acids is 1. The maximum atomic E-state index is 12.5. The number of halogens is 3. The predicted octanol–water partition coefficient (Wildman–Crippen LogP) is 3.70. The number of carbonyl (C=O) groups is 1. The van der Waals surface area contributed by atoms with Gasteiger partial charge in [-0.1, -0.05) is 24.3 Å². The molecular weight excluding hydrogens is 295 g/mol. The Labute approximate surface area is 125 Å². The van der Waals surface area contributed by atoms with Crippen molar-refractivity contribution in [3.8, 4) is 0 Å². The normalized spacial score (nSPS) is 12.9. The molecule has 0 fully saturated rings. The molecule has 3 nitrogen and oxygen atoms in total. The summed E-state index contributed by atoms with van der Waals surface area (Å²) < 4.78 is 37.5. The van der Waals surface area contributed by atoms with Gasteiger partial charge in [-0.05, 0) is 41.8 Å². The summed E-state index contributed by atoms with van der Waals surface area (Å²) in [6.45, 7) is 0. The van der Waals surface area contributed by atoms with Crippen LogP contribution < -0.4 is 5.73 Å². The van der Waals surface area contributed by atoms with Gasteiger partial charge in [-0.15, -0.1) is 0 Å². The molecule has 0 aliphatic heterocycles. The molecule has 0 aliphatic rings. The third-order valence-corrected chi connectivity index (χ3v) is 3.36. The Kier molecular flexibility index (Phi) is 4.40. The van der Waals surface area contributed by atoms with Crippen molar-refractivity contribution in [2.75, 3.05) is 5.73 Å². The average Bonchev–Trinajstić information content (AvgIpc) is 2.45. The lowest BCUT2D eigenvalue weighted by atomic mass is 9.91. The summed E-state index contributed by atoms with van der Waals surface area (Å²) in [7, 11) is 0. The van der Waals surface area contributed by atoms with Crippen LogP contribution in [0.1, 0.15) is 22.6 Å². The summed E-state index contributed by atoms with van der Waals surface area (Å²) in [4.78, 5) is 11.4. The van der Waals surface area contributed by atoms with Gasteiger partial charge in [0.15, 0.2) is 0 Å². The Bertz CT molecular complexity index is 649. The van der Waals surface area contributed by atoms with Gasteiger partial charge >= 0.3 is 12.1 Å². The van der Waals surface area contributed by atoms with Crippen LogP contribution in [0.4, 0.5) is 18.9 Å². The molecule has 0 heterocycles. The van der Waals surface area contributed by atoms with Crippen LogP contribution in [0, 0.1) is 0 Å². The number of nitrogens with two attached hydrogens (primary N) is 1. The lowest BCUT2D eigenvalue weighted by molar-refractivity contribution is -0.139. The lowest BCUT2D eigenvalue weighted by Gasteiger charge is -2.14. The molecule has 0 saturated heterocycles. The minimum absolute atomic E-state index is 0.109. The number of nitrogen functional groups attached to an aromatic ring is 1. The predicted molar refractivity (Wildman–Crippen MR) is 76.4 cm³/mol. The molecule has 0 spiro atoms. The van der Waals surface area contributed by atoms with Gasteiger partial charge in [0.25, 0.3) is 0 Å². The number of anilines is 1. The van der Waals surface area contributed by atoms with Crippen LogP contribution in [0.5, 0.6) is 0 Å². The van der Waals surface area contributed by atoms with E-state index in [0.29, 0.717) is 16.8 Å². The summed E-state index contributed by atoms with van der Waals surface area (Å²) in [6, 6.07) is 10.9. The number of benzene rings is 2. The zero-order valence-electron chi connectivity index (χ0n) is 11.5. The molecule has 3 N–H and O–H groups in total. The monoisotopic (exact) mass is 309 g/mol. The van der Waals surface area contributed by atoms with E-state index in [4.69, 9.17) is 5.73 Å². The Morgan fingerprint density at radius 3 is 2.05 bits per heavy atom. The summed E-state index contributed by atoms with van der Waals surface area (Å²) >= 11 is 0. The van der Waals surface area contributed by atoms with Crippen molar-refractivity contribution in [1.82, 2.24) is 0 Å². The van der Waals surface area contributed by atoms with E-state index in [2.05, 4.69) is 0 Å². The molecule has 1 unspecified atom stereocenters. The van der Waals surface area contributed by atoms with E-state index >= 15 is 0 Å². The van der Waals surface area contributed by atoms with Crippen molar-refractivity contribution in [1.29, 1.82) is 0 Å². The largest absolute Gasteiger partial charge is 0.481 e. The van der Waals surface area contributed by atoms with Gasteiger partial charge in [-0.25, -0.2) is 0 Å². The summed E-state index contributed by atoms with van der Waals surface area (Å²) in [5.74, 6) is -1.87. The quantitative estimate of drug-likeness (QED) is 0.847. The Morgan fingerprint density at radius 2 is 1.59 bits per heavy atom. The number of carboxylic acid groups (broad SMARTS) is 1. The molecule has 0 aliphatic carbocycles. The molecule has 0 radical (unpaired) electrons. The highest BCUT2D eigenvalue weighted by Crippen LogP contribution is 2.30. The molecular formula is C16H14F3NO2. The Balaban J connectivity index is 2.21. The molecule has 0 amide bonds. The number of hydrogen-bond acceptors (Lipinski definition) is 2. The highest BCUT2D eigenvalue weighted by atomic mass is 19.4. The summed E-state index contributed by atoms with van der Waals surface area (Å²) in [5.41, 5.74) is 6.40. The van der Waals surface area contributed by atoms with Crippen LogP contribution in [0.15, 0.2) is 48.5 Å². The van der Waals surface area contributed by atoms with Gasteiger partial charge in [-0.3, -0.25) is 4.79 Å². The van der Waals surface area contributed by atoms with Crippen LogP contribution in [-0.4, -0.2) is 11.1 Å². The SMILES string of the molecule is Nc1ccc(C(Cc2ccc(C(F)(F)F)cc2)C(=O)O)cc1. The van der Waals surface area contributed by atoms with Crippen molar-refractivity contribution in [2.24, 2.45) is 0 Å². The highest BCUT2D eigenvalue weighted by molar-refractivity contribution is 5.76. The molecule has 0 saturated carbocycles. The first kappa shape index (κ1) is 15.9. The van der Waals surface area contributed by atoms with E-state index in [1.165, 1.54) is 12.1 Å². The van der Waals surface area contributed by atoms with Crippen LogP contribution in [0.2, 0.25) is 0 Å². The van der Waals surface area contributed by atoms with Gasteiger partial charge in [0.05, 0.1) is 11.5 Å². The fourth-order valence-corrected chi connectivity index (χ4v) is 2.14. The number of hydrogen-bond donors (Lipinski definition) is 2. The van der Waals surface area contributed by atoms with Crippen molar-refractivity contribution in [3.05, 3.63) is 65.2 Å². The Hall–Kier alpha value is -2.50. The maximum Gasteiger partial charge on any atom is 0.416 e. The van der Waals surface area contributed by atoms with Gasteiger partial charge < -0.3 is 10.8 Å². The maximum absolute atomic E-state index is 12.5. The minimum atomic E-state index is -4.40. The first-order valence-corrected chi connectivity index (χ1v) is 6.52. The standard InChI is InChI=1S/C16H14F3NO2/c17-16(18,19)12-5-1-10(2-6-12)9-14(15(21)22)11-3-7-13(20)8-4-11/h1-8,14H,9,20H2,(H,21,22). The molecule has 22 heavy (non-hydrogen) atoms. The van der Waals surface area contributed by atoms with E-state index in [1.807, 2.05) is 0 Å². The summed E-state index contributed by atoms with van der Waals surface area (Å²) in [6.07, 6.45) is -4.29. The second-order valence-corrected chi connectivity index (χ2v) is 4.96. The van der Waals surface area contributed by atoms with Crippen LogP contribution in [0.25, 0.3) is 0 Å². The van der Waals surface area contributed by atoms with Crippen LogP contribution >= 0.6 is 0 Å². The number of aliphatic carboxylic acids is 1. The fourth-order valence-electron chi connectivity index (χ4n) is 2.14. The van der Waals surface area contributed by atoms with Crippen molar-refractivity contribution >= 4 is 11.7 Å². The molecule has 2 aromatic rings. The molecule has 2 aromatic carbocycles. The van der Waals surface area contributed by atoms with Crippen molar-refractivity contribution in [3.63, 3.8) is 0 Å². The van der Waals surface area contributed by atoms with Crippen LogP contribution in [-0.2, 0) is 17.4 Å². The van der Waals surface area contributed by atoms with Gasteiger partial charge in [0.2, 0.25) is 0 Å². The van der Waals surface area contributed by atoms with Gasteiger partial charge in [-0.2, -0.15) is 13.2 Å². The van der Waals surface area contributed by atoms with Crippen molar-refractivity contribution in [2.45, 2.75) is 18.5 Å². The molecule has 0 bridgehead atoms. The van der Waals surface area contributed by atoms with Crippen molar-refractivity contribution < 1.29 is 23.1 Å². The minimum Gasteiger partial charge on any atom is -0.481 e. The molecule has 1 atom stereocenters. The van der Waals surface area contributed by atoms with E-state index in [-0.39, 0.29) is 6.42 Å². The zero-order chi connectivity index (χ0) is 16.3. The molecule has 2 rings (SSSR count). The highest BCUT2D eigenvalue weighted by Gasteiger charge is 2.30. The van der Waals surface area contributed by atoms with E-state index in [1.54, 1.807) is 24.3 Å². The summed E-state index contributed by atoms with van der Waals surface area (Å²) in [5, 5.41) is 9.33. The van der Waals surface area contributed by atoms with E-state index < -0.39 is 23.6 Å². The third-order valence-electron chi connectivity index (χ3n) is 3.36. The third kappa shape index (κ3) is 3.78. The smallest absolute Gasteiger partial charge is 0.416 e. The Morgan fingerprint density at radius 1 is 1.05 bits per heavy atom. The van der Waals surface area contributed by atoms with Gasteiger partial charge in [0.1, 0.15) is 0 Å². The second kappa shape index (κ2) is 6.09. The van der Waals surface area contributed by atoms with Crippen LogP contribution in [0.3, 0.4) is 0 Å². The first-order chi connectivity index (χ1) is 10.3. The van der Waals surface area contributed by atoms with E-state index in [0.717, 1.165) is 12.1 Å². The number of rotatable bonds is 4. The van der Waals surface area contributed by atoms with Gasteiger partial charge in [0, 0.05) is 5.69 Å².